The number of nitrogens with zero attached hydrogens (tertiary/aromatic N) is 2. The molecular formula is C18H14ClF2N3O. The standard InChI is InChI=1S/C18H14ClF2N3O/c19-17-16(22-9-8-12-6-7-13(20)10-15(12)21)11-23-24(18(17)25)14-4-2-1-3-5-14/h1-7,10-11,22H,8-9H2. The Balaban J connectivity index is 1.73. The minimum absolute atomic E-state index is 0.00145. The van der Waals surface area contributed by atoms with E-state index in [9.17, 15) is 13.6 Å². The number of halogens is 3. The summed E-state index contributed by atoms with van der Waals surface area (Å²) in [4.78, 5) is 12.3. The molecule has 4 nitrogen and oxygen atoms in total. The van der Waals surface area contributed by atoms with Crippen LogP contribution in [0.3, 0.4) is 0 Å². The van der Waals surface area contributed by atoms with Crippen molar-refractivity contribution >= 4 is 17.3 Å². The van der Waals surface area contributed by atoms with Gasteiger partial charge in [0.05, 0.1) is 17.6 Å². The largest absolute Gasteiger partial charge is 0.382 e. The van der Waals surface area contributed by atoms with Crippen LogP contribution in [0.15, 0.2) is 59.5 Å². The predicted molar refractivity (Wildman–Crippen MR) is 93.4 cm³/mol. The lowest BCUT2D eigenvalue weighted by Gasteiger charge is -2.10. The summed E-state index contributed by atoms with van der Waals surface area (Å²) in [6.45, 7) is 0.318. The van der Waals surface area contributed by atoms with Gasteiger partial charge in [-0.25, -0.2) is 8.78 Å². The lowest BCUT2D eigenvalue weighted by Crippen LogP contribution is -2.23. The minimum atomic E-state index is -0.619. The second-order valence-corrected chi connectivity index (χ2v) is 5.72. The van der Waals surface area contributed by atoms with Crippen LogP contribution in [0.4, 0.5) is 14.5 Å². The third-order valence-electron chi connectivity index (χ3n) is 3.64. The molecule has 0 saturated carbocycles. The first-order valence-electron chi connectivity index (χ1n) is 7.57. The molecule has 0 unspecified atom stereocenters. The van der Waals surface area contributed by atoms with E-state index in [-0.39, 0.29) is 5.02 Å². The van der Waals surface area contributed by atoms with Crippen LogP contribution < -0.4 is 10.9 Å². The maximum absolute atomic E-state index is 13.6. The maximum Gasteiger partial charge on any atom is 0.292 e. The van der Waals surface area contributed by atoms with Crippen LogP contribution in [0.25, 0.3) is 5.69 Å². The fraction of sp³-hybridized carbons (Fsp3) is 0.111. The van der Waals surface area contributed by atoms with E-state index in [1.54, 1.807) is 24.3 Å². The van der Waals surface area contributed by atoms with Crippen LogP contribution in [0.1, 0.15) is 5.56 Å². The highest BCUT2D eigenvalue weighted by Gasteiger charge is 2.11. The van der Waals surface area contributed by atoms with Crippen molar-refractivity contribution in [2.24, 2.45) is 0 Å². The molecule has 0 fully saturated rings. The number of nitrogens with one attached hydrogen (secondary N) is 1. The summed E-state index contributed by atoms with van der Waals surface area (Å²) in [6, 6.07) is 12.3. The zero-order valence-electron chi connectivity index (χ0n) is 13.0. The SMILES string of the molecule is O=c1c(Cl)c(NCCc2ccc(F)cc2F)cnn1-c1ccccc1. The van der Waals surface area contributed by atoms with Gasteiger partial charge in [-0.1, -0.05) is 35.9 Å². The first-order valence-corrected chi connectivity index (χ1v) is 7.95. The smallest absolute Gasteiger partial charge is 0.292 e. The van der Waals surface area contributed by atoms with Crippen LogP contribution in [0.5, 0.6) is 0 Å². The summed E-state index contributed by atoms with van der Waals surface area (Å²) in [6.07, 6.45) is 1.75. The van der Waals surface area contributed by atoms with Gasteiger partial charge in [-0.2, -0.15) is 9.78 Å². The van der Waals surface area contributed by atoms with Crippen molar-refractivity contribution in [3.05, 3.63) is 87.3 Å². The van der Waals surface area contributed by atoms with E-state index < -0.39 is 17.2 Å². The summed E-state index contributed by atoms with van der Waals surface area (Å²) in [7, 11) is 0. The number of para-hydroxylation sites is 1. The molecule has 0 amide bonds. The van der Waals surface area contributed by atoms with Crippen LogP contribution >= 0.6 is 11.6 Å². The third kappa shape index (κ3) is 3.85. The molecule has 2 aromatic carbocycles. The summed E-state index contributed by atoms with van der Waals surface area (Å²) in [5.74, 6) is -1.23. The Bertz CT molecular complexity index is 945. The molecule has 0 saturated heterocycles. The number of aromatic nitrogens is 2. The zero-order chi connectivity index (χ0) is 17.8. The van der Waals surface area contributed by atoms with Gasteiger partial charge in [-0.3, -0.25) is 4.79 Å². The molecule has 0 bridgehead atoms. The van der Waals surface area contributed by atoms with E-state index >= 15 is 0 Å². The second kappa shape index (κ2) is 7.44. The van der Waals surface area contributed by atoms with Crippen molar-refractivity contribution < 1.29 is 8.78 Å². The van der Waals surface area contributed by atoms with E-state index in [0.29, 0.717) is 29.9 Å². The first-order chi connectivity index (χ1) is 12.1. The van der Waals surface area contributed by atoms with Crippen LogP contribution in [0, 0.1) is 11.6 Å². The van der Waals surface area contributed by atoms with E-state index in [1.807, 2.05) is 6.07 Å². The van der Waals surface area contributed by atoms with E-state index in [1.165, 1.54) is 23.0 Å². The average Bonchev–Trinajstić information content (AvgIpc) is 2.61. The van der Waals surface area contributed by atoms with Crippen LogP contribution in [0.2, 0.25) is 5.02 Å². The Labute approximate surface area is 147 Å². The van der Waals surface area contributed by atoms with Crippen molar-refractivity contribution in [3.63, 3.8) is 0 Å². The van der Waals surface area contributed by atoms with Gasteiger partial charge in [-0.15, -0.1) is 0 Å². The summed E-state index contributed by atoms with van der Waals surface area (Å²) >= 11 is 6.12. The summed E-state index contributed by atoms with van der Waals surface area (Å²) in [5, 5.41) is 7.05. The molecule has 1 heterocycles. The van der Waals surface area contributed by atoms with E-state index in [0.717, 1.165) is 6.07 Å². The zero-order valence-corrected chi connectivity index (χ0v) is 13.8. The Morgan fingerprint density at radius 1 is 1.12 bits per heavy atom. The molecule has 0 aliphatic heterocycles. The fourth-order valence-corrected chi connectivity index (χ4v) is 2.56. The van der Waals surface area contributed by atoms with Gasteiger partial charge in [0.1, 0.15) is 16.7 Å². The molecule has 128 valence electrons. The van der Waals surface area contributed by atoms with Crippen molar-refractivity contribution in [1.29, 1.82) is 0 Å². The number of anilines is 1. The Morgan fingerprint density at radius 3 is 2.60 bits per heavy atom. The fourth-order valence-electron chi connectivity index (χ4n) is 2.37. The number of rotatable bonds is 5. The number of hydrogen-bond acceptors (Lipinski definition) is 3. The lowest BCUT2D eigenvalue weighted by molar-refractivity contribution is 0.572. The average molecular weight is 362 g/mol. The quantitative estimate of drug-likeness (QED) is 0.751. The van der Waals surface area contributed by atoms with E-state index in [2.05, 4.69) is 10.4 Å². The minimum Gasteiger partial charge on any atom is -0.382 e. The lowest BCUT2D eigenvalue weighted by atomic mass is 10.1. The Kier molecular flexibility index (Phi) is 5.09. The van der Waals surface area contributed by atoms with Gasteiger partial charge in [0.2, 0.25) is 0 Å². The van der Waals surface area contributed by atoms with Gasteiger partial charge < -0.3 is 5.32 Å². The predicted octanol–water partition coefficient (Wildman–Crippen LogP) is 3.82. The molecule has 0 aliphatic rings. The van der Waals surface area contributed by atoms with E-state index in [4.69, 9.17) is 11.6 Å². The molecular weight excluding hydrogens is 348 g/mol. The van der Waals surface area contributed by atoms with Gasteiger partial charge >= 0.3 is 0 Å². The number of benzene rings is 2. The molecule has 0 aliphatic carbocycles. The molecule has 0 spiro atoms. The highest BCUT2D eigenvalue weighted by atomic mass is 35.5. The van der Waals surface area contributed by atoms with Gasteiger partial charge in [0, 0.05) is 12.6 Å². The van der Waals surface area contributed by atoms with Crippen molar-refractivity contribution in [2.45, 2.75) is 6.42 Å². The normalized spacial score (nSPS) is 10.7. The van der Waals surface area contributed by atoms with Gasteiger partial charge in [-0.05, 0) is 30.2 Å². The van der Waals surface area contributed by atoms with Gasteiger partial charge in [0.25, 0.3) is 5.56 Å². The third-order valence-corrected chi connectivity index (χ3v) is 4.01. The molecule has 0 atom stereocenters. The molecule has 25 heavy (non-hydrogen) atoms. The second-order valence-electron chi connectivity index (χ2n) is 5.34. The topological polar surface area (TPSA) is 46.9 Å². The van der Waals surface area contributed by atoms with Gasteiger partial charge in [0.15, 0.2) is 0 Å². The van der Waals surface area contributed by atoms with Crippen molar-refractivity contribution in [3.8, 4) is 5.69 Å². The molecule has 3 aromatic rings. The Morgan fingerprint density at radius 2 is 1.88 bits per heavy atom. The molecule has 7 heteroatoms. The molecule has 0 radical (unpaired) electrons. The highest BCUT2D eigenvalue weighted by molar-refractivity contribution is 6.32. The van der Waals surface area contributed by atoms with Crippen LogP contribution in [-0.4, -0.2) is 16.3 Å². The Hall–Kier alpha value is -2.73. The number of hydrogen-bond donors (Lipinski definition) is 1. The first kappa shape index (κ1) is 17.1. The summed E-state index contributed by atoms with van der Waals surface area (Å²) in [5.41, 5.74) is 0.886. The molecule has 3 rings (SSSR count). The maximum atomic E-state index is 13.6. The van der Waals surface area contributed by atoms with Crippen molar-refractivity contribution in [1.82, 2.24) is 9.78 Å². The van der Waals surface area contributed by atoms with Crippen LogP contribution in [-0.2, 0) is 6.42 Å². The monoisotopic (exact) mass is 361 g/mol. The molecule has 1 N–H and O–H groups in total. The summed E-state index contributed by atoms with van der Waals surface area (Å²) < 4.78 is 27.7. The molecule has 1 aromatic heterocycles. The van der Waals surface area contributed by atoms with Crippen molar-refractivity contribution in [2.75, 3.05) is 11.9 Å². The highest BCUT2D eigenvalue weighted by Crippen LogP contribution is 2.17.